The van der Waals surface area contributed by atoms with Crippen molar-refractivity contribution in [2.24, 2.45) is 0 Å². The molecule has 8 heteroatoms. The third-order valence-electron chi connectivity index (χ3n) is 3.90. The molecule has 0 aliphatic carbocycles. The SMILES string of the molecule is CCOc1ccc(Cl)cc1/C=C1/SC(=O)N(CC(=O)c2ccc(Br)cc2)C1=O. The molecule has 0 unspecified atom stereocenters. The number of amides is 2. The van der Waals surface area contributed by atoms with E-state index in [4.69, 9.17) is 16.3 Å². The van der Waals surface area contributed by atoms with E-state index in [1.165, 1.54) is 0 Å². The summed E-state index contributed by atoms with van der Waals surface area (Å²) in [6.07, 6.45) is 1.56. The highest BCUT2D eigenvalue weighted by molar-refractivity contribution is 9.10. The number of carbonyl (C=O) groups excluding carboxylic acids is 3. The Kier molecular flexibility index (Phi) is 6.59. The number of ketones is 1. The molecular formula is C20H15BrClNO4S. The Bertz CT molecular complexity index is 975. The average molecular weight is 481 g/mol. The minimum atomic E-state index is -0.511. The number of nitrogens with zero attached hydrogens (tertiary/aromatic N) is 1. The predicted molar refractivity (Wildman–Crippen MR) is 114 cm³/mol. The number of benzene rings is 2. The zero-order valence-corrected chi connectivity index (χ0v) is 17.9. The van der Waals surface area contributed by atoms with Crippen molar-refractivity contribution in [3.8, 4) is 5.75 Å². The number of imide groups is 1. The van der Waals surface area contributed by atoms with Crippen LogP contribution in [0.5, 0.6) is 5.75 Å². The molecule has 1 fully saturated rings. The van der Waals surface area contributed by atoms with Gasteiger partial charge in [0.05, 0.1) is 18.1 Å². The molecule has 0 radical (unpaired) electrons. The summed E-state index contributed by atoms with van der Waals surface area (Å²) in [5.41, 5.74) is 1.03. The molecule has 0 aromatic heterocycles. The van der Waals surface area contributed by atoms with Gasteiger partial charge in [-0.3, -0.25) is 19.3 Å². The van der Waals surface area contributed by atoms with Crippen molar-refractivity contribution in [1.82, 2.24) is 4.90 Å². The molecule has 2 aromatic rings. The predicted octanol–water partition coefficient (Wildman–Crippen LogP) is 5.42. The van der Waals surface area contributed by atoms with Crippen LogP contribution in [0.3, 0.4) is 0 Å². The van der Waals surface area contributed by atoms with E-state index in [9.17, 15) is 14.4 Å². The van der Waals surface area contributed by atoms with Crippen molar-refractivity contribution in [2.75, 3.05) is 13.2 Å². The highest BCUT2D eigenvalue weighted by Crippen LogP contribution is 2.35. The number of Topliss-reactive ketones (excluding diaryl/α,β-unsaturated/α-hetero) is 1. The van der Waals surface area contributed by atoms with Gasteiger partial charge in [0, 0.05) is 20.6 Å². The Morgan fingerprint density at radius 2 is 1.93 bits per heavy atom. The Morgan fingerprint density at radius 3 is 2.61 bits per heavy atom. The van der Waals surface area contributed by atoms with Crippen LogP contribution in [-0.4, -0.2) is 35.0 Å². The van der Waals surface area contributed by atoms with E-state index in [1.807, 2.05) is 6.92 Å². The minimum absolute atomic E-state index is 0.219. The maximum absolute atomic E-state index is 12.7. The van der Waals surface area contributed by atoms with Crippen LogP contribution in [0.4, 0.5) is 4.79 Å². The van der Waals surface area contributed by atoms with Crippen LogP contribution < -0.4 is 4.74 Å². The van der Waals surface area contributed by atoms with Gasteiger partial charge in [-0.2, -0.15) is 0 Å². The van der Waals surface area contributed by atoms with Crippen LogP contribution in [0.25, 0.3) is 6.08 Å². The summed E-state index contributed by atoms with van der Waals surface area (Å²) < 4.78 is 6.38. The van der Waals surface area contributed by atoms with Gasteiger partial charge in [-0.25, -0.2) is 0 Å². The van der Waals surface area contributed by atoms with Crippen LogP contribution in [-0.2, 0) is 4.79 Å². The highest BCUT2D eigenvalue weighted by Gasteiger charge is 2.36. The lowest BCUT2D eigenvalue weighted by molar-refractivity contribution is -0.122. The van der Waals surface area contributed by atoms with E-state index in [2.05, 4.69) is 15.9 Å². The summed E-state index contributed by atoms with van der Waals surface area (Å²) >= 11 is 10.1. The zero-order chi connectivity index (χ0) is 20.3. The molecule has 2 amide bonds. The number of carbonyl (C=O) groups is 3. The van der Waals surface area contributed by atoms with Crippen LogP contribution in [0.15, 0.2) is 51.8 Å². The third-order valence-corrected chi connectivity index (χ3v) is 5.57. The highest BCUT2D eigenvalue weighted by atomic mass is 79.9. The molecule has 0 N–H and O–H groups in total. The summed E-state index contributed by atoms with van der Waals surface area (Å²) in [5, 5.41) is 0.000970. The first-order chi connectivity index (χ1) is 13.4. The molecule has 1 aliphatic heterocycles. The van der Waals surface area contributed by atoms with Crippen molar-refractivity contribution in [1.29, 1.82) is 0 Å². The van der Waals surface area contributed by atoms with E-state index in [0.717, 1.165) is 21.1 Å². The fourth-order valence-electron chi connectivity index (χ4n) is 2.57. The lowest BCUT2D eigenvalue weighted by Crippen LogP contribution is -2.33. The first-order valence-electron chi connectivity index (χ1n) is 8.35. The van der Waals surface area contributed by atoms with Crippen molar-refractivity contribution < 1.29 is 19.1 Å². The molecule has 3 rings (SSSR count). The maximum Gasteiger partial charge on any atom is 0.293 e. The number of thioether (sulfide) groups is 1. The molecule has 0 atom stereocenters. The average Bonchev–Trinajstić information content (AvgIpc) is 2.92. The maximum atomic E-state index is 12.7. The lowest BCUT2D eigenvalue weighted by atomic mass is 10.1. The molecule has 1 aliphatic rings. The van der Waals surface area contributed by atoms with Gasteiger partial charge < -0.3 is 4.74 Å². The van der Waals surface area contributed by atoms with Crippen molar-refractivity contribution in [3.63, 3.8) is 0 Å². The van der Waals surface area contributed by atoms with Crippen molar-refractivity contribution in [3.05, 3.63) is 68.0 Å². The molecule has 0 saturated carbocycles. The van der Waals surface area contributed by atoms with Crippen LogP contribution in [0.1, 0.15) is 22.8 Å². The first kappa shape index (κ1) is 20.6. The number of halogens is 2. The van der Waals surface area contributed by atoms with Gasteiger partial charge in [-0.1, -0.05) is 39.7 Å². The van der Waals surface area contributed by atoms with Crippen LogP contribution in [0.2, 0.25) is 5.02 Å². The van der Waals surface area contributed by atoms with Gasteiger partial charge >= 0.3 is 0 Å². The zero-order valence-electron chi connectivity index (χ0n) is 14.8. The molecule has 144 valence electrons. The largest absolute Gasteiger partial charge is 0.493 e. The third kappa shape index (κ3) is 4.66. The van der Waals surface area contributed by atoms with E-state index >= 15 is 0 Å². The summed E-state index contributed by atoms with van der Waals surface area (Å²) in [4.78, 5) is 38.6. The molecule has 2 aromatic carbocycles. The van der Waals surface area contributed by atoms with Gasteiger partial charge in [-0.15, -0.1) is 0 Å². The quantitative estimate of drug-likeness (QED) is 0.408. The van der Waals surface area contributed by atoms with E-state index in [-0.39, 0.29) is 17.2 Å². The molecule has 1 saturated heterocycles. The van der Waals surface area contributed by atoms with Gasteiger partial charge in [0.15, 0.2) is 5.78 Å². The summed E-state index contributed by atoms with van der Waals surface area (Å²) in [5.74, 6) is -0.263. The normalized spacial score (nSPS) is 15.4. The number of hydrogen-bond acceptors (Lipinski definition) is 5. The van der Waals surface area contributed by atoms with Gasteiger partial charge in [0.2, 0.25) is 0 Å². The van der Waals surface area contributed by atoms with Crippen LogP contribution in [0, 0.1) is 0 Å². The molecule has 0 spiro atoms. The Balaban J connectivity index is 1.82. The fraction of sp³-hybridized carbons (Fsp3) is 0.150. The summed E-state index contributed by atoms with van der Waals surface area (Å²) in [6.45, 7) is 1.99. The van der Waals surface area contributed by atoms with Gasteiger partial charge in [0.25, 0.3) is 11.1 Å². The standard InChI is InChI=1S/C20H15BrClNO4S/c1-2-27-17-8-7-15(22)9-13(17)10-18-19(25)23(20(26)28-18)11-16(24)12-3-5-14(21)6-4-12/h3-10H,2,11H2,1H3/b18-10+. The summed E-state index contributed by atoms with van der Waals surface area (Å²) in [6, 6.07) is 11.8. The Morgan fingerprint density at radius 1 is 1.21 bits per heavy atom. The van der Waals surface area contributed by atoms with E-state index in [1.54, 1.807) is 48.5 Å². The Hall–Kier alpha value is -2.09. The second-order valence-corrected chi connectivity index (χ2v) is 8.16. The van der Waals surface area contributed by atoms with Crippen LogP contribution >= 0.6 is 39.3 Å². The molecule has 5 nitrogen and oxygen atoms in total. The van der Waals surface area contributed by atoms with E-state index < -0.39 is 11.1 Å². The summed E-state index contributed by atoms with van der Waals surface area (Å²) in [7, 11) is 0. The number of hydrogen-bond donors (Lipinski definition) is 0. The number of ether oxygens (including phenoxy) is 1. The smallest absolute Gasteiger partial charge is 0.293 e. The minimum Gasteiger partial charge on any atom is -0.493 e. The van der Waals surface area contributed by atoms with Gasteiger partial charge in [0.1, 0.15) is 5.75 Å². The fourth-order valence-corrected chi connectivity index (χ4v) is 3.84. The monoisotopic (exact) mass is 479 g/mol. The van der Waals surface area contributed by atoms with Crippen molar-refractivity contribution in [2.45, 2.75) is 6.92 Å². The lowest BCUT2D eigenvalue weighted by Gasteiger charge is -2.11. The van der Waals surface area contributed by atoms with Gasteiger partial charge in [-0.05, 0) is 55.1 Å². The first-order valence-corrected chi connectivity index (χ1v) is 10.3. The molecule has 28 heavy (non-hydrogen) atoms. The van der Waals surface area contributed by atoms with Crippen molar-refractivity contribution >= 4 is 62.3 Å². The Labute approximate surface area is 179 Å². The molecule has 0 bridgehead atoms. The molecular weight excluding hydrogens is 466 g/mol. The second-order valence-electron chi connectivity index (χ2n) is 5.81. The van der Waals surface area contributed by atoms with E-state index in [0.29, 0.717) is 28.5 Å². The second kappa shape index (κ2) is 8.94. The topological polar surface area (TPSA) is 63.7 Å². The molecule has 1 heterocycles. The number of rotatable bonds is 6.